The van der Waals surface area contributed by atoms with Gasteiger partial charge in [-0.05, 0) is 54.6 Å². The summed E-state index contributed by atoms with van der Waals surface area (Å²) in [7, 11) is -2.74. The number of methoxy groups -OCH3 is 1. The molecule has 138 valence electrons. The van der Waals surface area contributed by atoms with Crippen LogP contribution in [0.5, 0.6) is 5.75 Å². The van der Waals surface area contributed by atoms with Crippen molar-refractivity contribution in [2.45, 2.75) is 4.90 Å². The Morgan fingerprint density at radius 3 is 2.19 bits per heavy atom. The molecule has 3 aromatic rings. The van der Waals surface area contributed by atoms with E-state index in [1.54, 1.807) is 30.3 Å². The fourth-order valence-electron chi connectivity index (χ4n) is 2.52. The van der Waals surface area contributed by atoms with Gasteiger partial charge < -0.3 is 4.74 Å². The first-order valence-corrected chi connectivity index (χ1v) is 9.42. The highest BCUT2D eigenvalue weighted by molar-refractivity contribution is 7.93. The number of carbonyl (C=O) groups is 1. The van der Waals surface area contributed by atoms with Gasteiger partial charge in [-0.25, -0.2) is 12.8 Å². The highest BCUT2D eigenvalue weighted by atomic mass is 32.2. The largest absolute Gasteiger partial charge is 0.497 e. The molecule has 0 aliphatic heterocycles. The van der Waals surface area contributed by atoms with Crippen LogP contribution in [0.1, 0.15) is 10.4 Å². The molecule has 0 unspecified atom stereocenters. The summed E-state index contributed by atoms with van der Waals surface area (Å²) < 4.78 is 45.6. The molecule has 1 amide bonds. The van der Waals surface area contributed by atoms with E-state index < -0.39 is 21.7 Å². The Kier molecular flexibility index (Phi) is 5.23. The number of halogens is 1. The van der Waals surface area contributed by atoms with Crippen molar-refractivity contribution in [1.29, 1.82) is 0 Å². The molecule has 0 spiro atoms. The highest BCUT2D eigenvalue weighted by Gasteiger charge is 2.32. The van der Waals surface area contributed by atoms with Crippen LogP contribution in [0.4, 0.5) is 10.1 Å². The minimum Gasteiger partial charge on any atom is -0.497 e. The molecule has 0 heterocycles. The van der Waals surface area contributed by atoms with Gasteiger partial charge in [0.2, 0.25) is 0 Å². The average molecular weight is 385 g/mol. The maximum absolute atomic E-state index is 13.6. The summed E-state index contributed by atoms with van der Waals surface area (Å²) >= 11 is 0. The van der Waals surface area contributed by atoms with Gasteiger partial charge in [-0.2, -0.15) is 4.31 Å². The van der Waals surface area contributed by atoms with Crippen LogP contribution in [0.2, 0.25) is 0 Å². The first kappa shape index (κ1) is 18.6. The fraction of sp³-hybridized carbons (Fsp3) is 0.0500. The number of sulfonamides is 1. The van der Waals surface area contributed by atoms with Crippen molar-refractivity contribution >= 4 is 21.6 Å². The average Bonchev–Trinajstić information content (AvgIpc) is 2.69. The van der Waals surface area contributed by atoms with Gasteiger partial charge in [-0.3, -0.25) is 4.79 Å². The van der Waals surface area contributed by atoms with Gasteiger partial charge >= 0.3 is 0 Å². The van der Waals surface area contributed by atoms with Gasteiger partial charge in [0.25, 0.3) is 15.9 Å². The summed E-state index contributed by atoms with van der Waals surface area (Å²) in [6, 6.07) is 18.5. The molecule has 0 bridgehead atoms. The number of rotatable bonds is 5. The van der Waals surface area contributed by atoms with Crippen LogP contribution in [-0.2, 0) is 10.0 Å². The lowest BCUT2D eigenvalue weighted by atomic mass is 10.2. The topological polar surface area (TPSA) is 63.7 Å². The molecule has 7 heteroatoms. The van der Waals surface area contributed by atoms with Gasteiger partial charge in [0, 0.05) is 5.56 Å². The Bertz CT molecular complexity index is 1050. The quantitative estimate of drug-likeness (QED) is 0.669. The number of benzene rings is 3. The van der Waals surface area contributed by atoms with E-state index in [1.165, 1.54) is 49.6 Å². The Hall–Kier alpha value is -3.19. The van der Waals surface area contributed by atoms with E-state index in [9.17, 15) is 17.6 Å². The third kappa shape index (κ3) is 3.83. The molecule has 0 N–H and O–H groups in total. The zero-order chi connectivity index (χ0) is 19.4. The second-order valence-corrected chi connectivity index (χ2v) is 7.38. The lowest BCUT2D eigenvalue weighted by Crippen LogP contribution is -2.37. The summed E-state index contributed by atoms with van der Waals surface area (Å²) in [6.07, 6.45) is 0. The van der Waals surface area contributed by atoms with Crippen molar-refractivity contribution in [3.63, 3.8) is 0 Å². The Morgan fingerprint density at radius 1 is 0.926 bits per heavy atom. The minimum atomic E-state index is -4.21. The van der Waals surface area contributed by atoms with Crippen molar-refractivity contribution in [2.24, 2.45) is 0 Å². The van der Waals surface area contributed by atoms with E-state index in [0.717, 1.165) is 6.07 Å². The van der Waals surface area contributed by atoms with Crippen LogP contribution in [0.3, 0.4) is 0 Å². The predicted molar refractivity (Wildman–Crippen MR) is 99.8 cm³/mol. The van der Waals surface area contributed by atoms with E-state index in [0.29, 0.717) is 10.1 Å². The molecule has 0 aliphatic carbocycles. The first-order chi connectivity index (χ1) is 12.9. The molecule has 0 saturated heterocycles. The van der Waals surface area contributed by atoms with Crippen molar-refractivity contribution in [3.05, 3.63) is 90.2 Å². The lowest BCUT2D eigenvalue weighted by molar-refractivity contribution is 0.100. The molecule has 0 saturated carbocycles. The summed E-state index contributed by atoms with van der Waals surface area (Å²) in [5.74, 6) is -0.981. The predicted octanol–water partition coefficient (Wildman–Crippen LogP) is 3.87. The van der Waals surface area contributed by atoms with Gasteiger partial charge in [0.05, 0.1) is 17.7 Å². The maximum Gasteiger partial charge on any atom is 0.272 e. The van der Waals surface area contributed by atoms with E-state index in [-0.39, 0.29) is 16.1 Å². The standard InChI is InChI=1S/C20H16FNO4S/c1-26-18-12-10-17(11-13-18)22(20(23)15-6-5-7-16(21)14-15)27(24,25)19-8-3-2-4-9-19/h2-14H,1H3. The van der Waals surface area contributed by atoms with Crippen LogP contribution in [-0.4, -0.2) is 21.4 Å². The molecule has 5 nitrogen and oxygen atoms in total. The van der Waals surface area contributed by atoms with Crippen molar-refractivity contribution in [2.75, 3.05) is 11.4 Å². The Labute approximate surface area is 156 Å². The number of amides is 1. The van der Waals surface area contributed by atoms with E-state index in [1.807, 2.05) is 0 Å². The molecule has 0 atom stereocenters. The highest BCUT2D eigenvalue weighted by Crippen LogP contribution is 2.27. The summed E-state index contributed by atoms with van der Waals surface area (Å²) in [5.41, 5.74) is 0.0410. The Balaban J connectivity index is 2.15. The molecule has 0 radical (unpaired) electrons. The fourth-order valence-corrected chi connectivity index (χ4v) is 3.95. The number of anilines is 1. The maximum atomic E-state index is 13.6. The van der Waals surface area contributed by atoms with E-state index in [2.05, 4.69) is 0 Å². The minimum absolute atomic E-state index is 0.0504. The number of ether oxygens (including phenoxy) is 1. The number of nitrogens with zero attached hydrogens (tertiary/aromatic N) is 1. The molecule has 0 aromatic heterocycles. The zero-order valence-electron chi connectivity index (χ0n) is 14.4. The second-order valence-electron chi connectivity index (χ2n) is 5.60. The summed E-state index contributed by atoms with van der Waals surface area (Å²) in [6.45, 7) is 0. The number of carbonyl (C=O) groups excluding carboxylic acids is 1. The third-order valence-electron chi connectivity index (χ3n) is 3.84. The van der Waals surface area contributed by atoms with Gasteiger partial charge in [0.15, 0.2) is 0 Å². The van der Waals surface area contributed by atoms with Crippen LogP contribution in [0, 0.1) is 5.82 Å². The SMILES string of the molecule is COc1ccc(N(C(=O)c2cccc(F)c2)S(=O)(=O)c2ccccc2)cc1. The molecule has 0 aliphatic rings. The first-order valence-electron chi connectivity index (χ1n) is 7.98. The molecule has 3 rings (SSSR count). The summed E-state index contributed by atoms with van der Waals surface area (Å²) in [4.78, 5) is 13.0. The summed E-state index contributed by atoms with van der Waals surface area (Å²) in [5, 5.41) is 0. The molecule has 27 heavy (non-hydrogen) atoms. The molecular formula is C20H16FNO4S. The van der Waals surface area contributed by atoms with Crippen LogP contribution in [0.25, 0.3) is 0 Å². The van der Waals surface area contributed by atoms with Gasteiger partial charge in [0.1, 0.15) is 11.6 Å². The second kappa shape index (κ2) is 7.59. The van der Waals surface area contributed by atoms with Crippen LogP contribution in [0.15, 0.2) is 83.8 Å². The van der Waals surface area contributed by atoms with Gasteiger partial charge in [-0.15, -0.1) is 0 Å². The van der Waals surface area contributed by atoms with Crippen LogP contribution < -0.4 is 9.04 Å². The lowest BCUT2D eigenvalue weighted by Gasteiger charge is -2.23. The monoisotopic (exact) mass is 385 g/mol. The smallest absolute Gasteiger partial charge is 0.272 e. The van der Waals surface area contributed by atoms with E-state index >= 15 is 0 Å². The molecule has 3 aromatic carbocycles. The Morgan fingerprint density at radius 2 is 1.59 bits per heavy atom. The molecule has 0 fully saturated rings. The number of hydrogen-bond donors (Lipinski definition) is 0. The third-order valence-corrected chi connectivity index (χ3v) is 5.57. The van der Waals surface area contributed by atoms with Gasteiger partial charge in [-0.1, -0.05) is 24.3 Å². The molecular weight excluding hydrogens is 369 g/mol. The van der Waals surface area contributed by atoms with Crippen LogP contribution >= 0.6 is 0 Å². The zero-order valence-corrected chi connectivity index (χ0v) is 15.2. The normalized spacial score (nSPS) is 11.0. The van der Waals surface area contributed by atoms with Crippen molar-refractivity contribution in [1.82, 2.24) is 0 Å². The number of hydrogen-bond acceptors (Lipinski definition) is 4. The van der Waals surface area contributed by atoms with Crippen molar-refractivity contribution < 1.29 is 22.3 Å². The van der Waals surface area contributed by atoms with Crippen molar-refractivity contribution in [3.8, 4) is 5.75 Å². The van der Waals surface area contributed by atoms with E-state index in [4.69, 9.17) is 4.74 Å².